The van der Waals surface area contributed by atoms with E-state index in [0.717, 1.165) is 12.8 Å². The van der Waals surface area contributed by atoms with E-state index in [4.69, 9.17) is 5.26 Å². The summed E-state index contributed by atoms with van der Waals surface area (Å²) >= 11 is 3.21. The van der Waals surface area contributed by atoms with Crippen molar-refractivity contribution in [2.24, 2.45) is 0 Å². The van der Waals surface area contributed by atoms with E-state index in [0.29, 0.717) is 15.7 Å². The van der Waals surface area contributed by atoms with E-state index in [-0.39, 0.29) is 5.25 Å². The summed E-state index contributed by atoms with van der Waals surface area (Å²) in [4.78, 5) is 0. The molecule has 0 radical (unpaired) electrons. The van der Waals surface area contributed by atoms with Crippen molar-refractivity contribution in [3.8, 4) is 6.07 Å². The third kappa shape index (κ3) is 2.36. The molecule has 1 N–H and O–H groups in total. The highest BCUT2D eigenvalue weighted by molar-refractivity contribution is 9.10. The second-order valence-corrected chi connectivity index (χ2v) is 6.47. The van der Waals surface area contributed by atoms with Crippen molar-refractivity contribution >= 4 is 31.6 Å². The minimum atomic E-state index is -3.25. The molecule has 16 heavy (non-hydrogen) atoms. The van der Waals surface area contributed by atoms with Gasteiger partial charge in [-0.05, 0) is 47.0 Å². The molecule has 0 spiro atoms. The zero-order valence-corrected chi connectivity index (χ0v) is 10.7. The van der Waals surface area contributed by atoms with E-state index in [2.05, 4.69) is 20.7 Å². The Kier molecular flexibility index (Phi) is 2.91. The quantitative estimate of drug-likeness (QED) is 0.930. The van der Waals surface area contributed by atoms with E-state index in [1.165, 1.54) is 6.07 Å². The molecule has 0 atom stereocenters. The zero-order valence-electron chi connectivity index (χ0n) is 8.27. The van der Waals surface area contributed by atoms with Crippen LogP contribution in [0.3, 0.4) is 0 Å². The first-order chi connectivity index (χ1) is 7.53. The highest BCUT2D eigenvalue weighted by Gasteiger charge is 2.35. The first kappa shape index (κ1) is 11.4. The standard InChI is InChI=1S/C10H9BrN2O2S/c11-10-4-1-8(5-7(10)6-12)13-16(14,15)9-2-3-9/h1,4-5,9,13H,2-3H2. The van der Waals surface area contributed by atoms with Gasteiger partial charge in [0.05, 0.1) is 10.8 Å². The summed E-state index contributed by atoms with van der Waals surface area (Å²) in [5, 5.41) is 8.54. The lowest BCUT2D eigenvalue weighted by Crippen LogP contribution is -2.17. The van der Waals surface area contributed by atoms with E-state index < -0.39 is 10.0 Å². The topological polar surface area (TPSA) is 70.0 Å². The van der Waals surface area contributed by atoms with Crippen LogP contribution in [-0.2, 0) is 10.0 Å². The number of anilines is 1. The summed E-state index contributed by atoms with van der Waals surface area (Å²) in [6, 6.07) is 6.79. The van der Waals surface area contributed by atoms with Gasteiger partial charge in [-0.2, -0.15) is 5.26 Å². The molecule has 1 aromatic rings. The molecule has 0 saturated heterocycles. The fourth-order valence-corrected chi connectivity index (χ4v) is 3.01. The van der Waals surface area contributed by atoms with Gasteiger partial charge in [-0.25, -0.2) is 8.42 Å². The van der Waals surface area contributed by atoms with Gasteiger partial charge in [-0.1, -0.05) is 0 Å². The lowest BCUT2D eigenvalue weighted by Gasteiger charge is -2.07. The SMILES string of the molecule is N#Cc1cc(NS(=O)(=O)C2CC2)ccc1Br. The lowest BCUT2D eigenvalue weighted by molar-refractivity contribution is 0.600. The summed E-state index contributed by atoms with van der Waals surface area (Å²) < 4.78 is 26.4. The maximum atomic E-state index is 11.6. The van der Waals surface area contributed by atoms with Crippen molar-refractivity contribution in [1.29, 1.82) is 5.26 Å². The molecule has 6 heteroatoms. The van der Waals surface area contributed by atoms with Crippen LogP contribution < -0.4 is 4.72 Å². The van der Waals surface area contributed by atoms with E-state index >= 15 is 0 Å². The minimum absolute atomic E-state index is 0.262. The molecule has 0 aliphatic heterocycles. The second-order valence-electron chi connectivity index (χ2n) is 3.65. The molecule has 1 fully saturated rings. The third-order valence-electron chi connectivity index (χ3n) is 2.31. The number of nitrogens with zero attached hydrogens (tertiary/aromatic N) is 1. The van der Waals surface area contributed by atoms with Crippen LogP contribution in [0.4, 0.5) is 5.69 Å². The van der Waals surface area contributed by atoms with E-state index in [1.807, 2.05) is 6.07 Å². The lowest BCUT2D eigenvalue weighted by atomic mass is 10.2. The molecule has 0 bridgehead atoms. The smallest absolute Gasteiger partial charge is 0.235 e. The highest BCUT2D eigenvalue weighted by Crippen LogP contribution is 2.30. The summed E-state index contributed by atoms with van der Waals surface area (Å²) in [7, 11) is -3.25. The summed E-state index contributed by atoms with van der Waals surface area (Å²) in [5.41, 5.74) is 0.850. The fourth-order valence-electron chi connectivity index (χ4n) is 1.30. The van der Waals surface area contributed by atoms with Crippen molar-refractivity contribution in [2.45, 2.75) is 18.1 Å². The predicted molar refractivity (Wildman–Crippen MR) is 64.4 cm³/mol. The molecule has 2 rings (SSSR count). The summed E-state index contributed by atoms with van der Waals surface area (Å²) in [5.74, 6) is 0. The van der Waals surface area contributed by atoms with Crippen LogP contribution in [0.5, 0.6) is 0 Å². The number of rotatable bonds is 3. The predicted octanol–water partition coefficient (Wildman–Crippen LogP) is 2.22. The molecular formula is C10H9BrN2O2S. The Morgan fingerprint density at radius 3 is 2.69 bits per heavy atom. The molecule has 1 aromatic carbocycles. The zero-order chi connectivity index (χ0) is 11.8. The molecule has 84 valence electrons. The number of nitrogens with one attached hydrogen (secondary N) is 1. The van der Waals surface area contributed by atoms with Gasteiger partial charge in [-0.15, -0.1) is 0 Å². The second kappa shape index (κ2) is 4.07. The summed E-state index contributed by atoms with van der Waals surface area (Å²) in [6.07, 6.45) is 1.44. The van der Waals surface area contributed by atoms with Crippen LogP contribution in [0.2, 0.25) is 0 Å². The maximum absolute atomic E-state index is 11.6. The molecule has 0 heterocycles. The van der Waals surface area contributed by atoms with Crippen molar-refractivity contribution < 1.29 is 8.42 Å². The van der Waals surface area contributed by atoms with Gasteiger partial charge in [0, 0.05) is 10.2 Å². The number of benzene rings is 1. The molecular weight excluding hydrogens is 292 g/mol. The van der Waals surface area contributed by atoms with Gasteiger partial charge in [0.2, 0.25) is 10.0 Å². The Hall–Kier alpha value is -1.06. The number of hydrogen-bond acceptors (Lipinski definition) is 3. The van der Waals surface area contributed by atoms with Crippen LogP contribution in [0.25, 0.3) is 0 Å². The van der Waals surface area contributed by atoms with Crippen molar-refractivity contribution in [3.05, 3.63) is 28.2 Å². The first-order valence-electron chi connectivity index (χ1n) is 4.74. The number of halogens is 1. The van der Waals surface area contributed by atoms with E-state index in [9.17, 15) is 8.42 Å². The van der Waals surface area contributed by atoms with Gasteiger partial charge in [0.1, 0.15) is 6.07 Å². The Morgan fingerprint density at radius 1 is 1.44 bits per heavy atom. The molecule has 0 aromatic heterocycles. The monoisotopic (exact) mass is 300 g/mol. The molecule has 0 unspecified atom stereocenters. The third-order valence-corrected chi connectivity index (χ3v) is 4.87. The van der Waals surface area contributed by atoms with Crippen molar-refractivity contribution in [1.82, 2.24) is 0 Å². The van der Waals surface area contributed by atoms with E-state index in [1.54, 1.807) is 12.1 Å². The highest BCUT2D eigenvalue weighted by atomic mass is 79.9. The van der Waals surface area contributed by atoms with Crippen LogP contribution in [0, 0.1) is 11.3 Å². The Morgan fingerprint density at radius 2 is 2.12 bits per heavy atom. The Bertz CT molecular complexity index is 559. The Labute approximate surface area is 102 Å². The van der Waals surface area contributed by atoms with Gasteiger partial charge in [-0.3, -0.25) is 4.72 Å². The Balaban J connectivity index is 2.26. The van der Waals surface area contributed by atoms with Gasteiger partial charge >= 0.3 is 0 Å². The summed E-state index contributed by atoms with van der Waals surface area (Å²) in [6.45, 7) is 0. The van der Waals surface area contributed by atoms with Gasteiger partial charge < -0.3 is 0 Å². The maximum Gasteiger partial charge on any atom is 0.235 e. The van der Waals surface area contributed by atoms with Crippen LogP contribution in [0.15, 0.2) is 22.7 Å². The number of hydrogen-bond donors (Lipinski definition) is 1. The van der Waals surface area contributed by atoms with Crippen LogP contribution in [0.1, 0.15) is 18.4 Å². The van der Waals surface area contributed by atoms with Crippen LogP contribution >= 0.6 is 15.9 Å². The average Bonchev–Trinajstić information content (AvgIpc) is 3.04. The molecule has 1 aliphatic carbocycles. The molecule has 4 nitrogen and oxygen atoms in total. The normalized spacial score (nSPS) is 15.5. The number of nitriles is 1. The minimum Gasteiger partial charge on any atom is -0.283 e. The fraction of sp³-hybridized carbons (Fsp3) is 0.300. The number of sulfonamides is 1. The molecule has 1 aliphatic rings. The largest absolute Gasteiger partial charge is 0.283 e. The van der Waals surface area contributed by atoms with Gasteiger partial charge in [0.15, 0.2) is 0 Å². The molecule has 0 amide bonds. The first-order valence-corrected chi connectivity index (χ1v) is 7.08. The molecule has 1 saturated carbocycles. The van der Waals surface area contributed by atoms with Crippen molar-refractivity contribution in [3.63, 3.8) is 0 Å². The van der Waals surface area contributed by atoms with Crippen LogP contribution in [-0.4, -0.2) is 13.7 Å². The van der Waals surface area contributed by atoms with Crippen molar-refractivity contribution in [2.75, 3.05) is 4.72 Å². The van der Waals surface area contributed by atoms with Gasteiger partial charge in [0.25, 0.3) is 0 Å². The average molecular weight is 301 g/mol.